The first-order chi connectivity index (χ1) is 13.9. The number of ether oxygens (including phenoxy) is 3. The Balaban J connectivity index is 1.62. The minimum atomic E-state index is -0.740. The summed E-state index contributed by atoms with van der Waals surface area (Å²) in [7, 11) is 3.47. The normalized spacial score (nSPS) is 49.2. The second kappa shape index (κ2) is 8.10. The van der Waals surface area contributed by atoms with Crippen molar-refractivity contribution in [1.82, 2.24) is 0 Å². The van der Waals surface area contributed by atoms with Crippen LogP contribution in [0.1, 0.15) is 58.3 Å². The molecule has 0 amide bonds. The van der Waals surface area contributed by atoms with Gasteiger partial charge in [0.1, 0.15) is 6.79 Å². The average molecular weight is 411 g/mol. The molecule has 0 radical (unpaired) electrons. The van der Waals surface area contributed by atoms with Crippen LogP contribution in [0.15, 0.2) is 0 Å². The number of rotatable bonds is 6. The van der Waals surface area contributed by atoms with Crippen molar-refractivity contribution in [3.63, 3.8) is 0 Å². The van der Waals surface area contributed by atoms with Crippen molar-refractivity contribution in [1.29, 1.82) is 0 Å². The summed E-state index contributed by atoms with van der Waals surface area (Å²) in [6, 6.07) is 0. The molecular weight excluding hydrogens is 372 g/mol. The number of methoxy groups -OCH3 is 2. The van der Waals surface area contributed by atoms with Crippen molar-refractivity contribution in [3.8, 4) is 0 Å². The van der Waals surface area contributed by atoms with Gasteiger partial charge in [-0.3, -0.25) is 4.79 Å². The SMILES string of the molecule is COCO[C@@H]1CC[C@@]2(C)[C@H](C1)[C@H](OC)C[C@@H]1[C@@H]2CC[C@]2(C(=O)O)[C@@H](CO)CC[C@@H]12. The van der Waals surface area contributed by atoms with Crippen LogP contribution in [0.25, 0.3) is 0 Å². The van der Waals surface area contributed by atoms with Crippen LogP contribution in [0.3, 0.4) is 0 Å². The molecular formula is C23H38O6. The van der Waals surface area contributed by atoms with Crippen molar-refractivity contribution < 1.29 is 29.2 Å². The summed E-state index contributed by atoms with van der Waals surface area (Å²) in [6.07, 6.45) is 7.86. The van der Waals surface area contributed by atoms with Gasteiger partial charge in [-0.2, -0.15) is 0 Å². The third kappa shape index (κ3) is 3.17. The molecule has 9 atom stereocenters. The number of aliphatic carboxylic acids is 1. The van der Waals surface area contributed by atoms with Crippen molar-refractivity contribution in [3.05, 3.63) is 0 Å². The van der Waals surface area contributed by atoms with Gasteiger partial charge in [0.25, 0.3) is 0 Å². The van der Waals surface area contributed by atoms with Gasteiger partial charge in [0, 0.05) is 20.8 Å². The smallest absolute Gasteiger partial charge is 0.310 e. The molecule has 4 aliphatic rings. The lowest BCUT2D eigenvalue weighted by atomic mass is 9.44. The van der Waals surface area contributed by atoms with E-state index in [2.05, 4.69) is 6.92 Å². The number of hydrogen-bond donors (Lipinski definition) is 2. The molecule has 4 aliphatic carbocycles. The first-order valence-corrected chi connectivity index (χ1v) is 11.4. The highest BCUT2D eigenvalue weighted by molar-refractivity contribution is 5.76. The van der Waals surface area contributed by atoms with Crippen LogP contribution in [0.5, 0.6) is 0 Å². The molecule has 0 aromatic carbocycles. The Hall–Kier alpha value is -0.690. The highest BCUT2D eigenvalue weighted by Crippen LogP contribution is 2.67. The highest BCUT2D eigenvalue weighted by Gasteiger charge is 2.66. The number of aliphatic hydroxyl groups excluding tert-OH is 1. The van der Waals surface area contributed by atoms with E-state index < -0.39 is 11.4 Å². The summed E-state index contributed by atoms with van der Waals surface area (Å²) in [5.41, 5.74) is -0.575. The number of hydrogen-bond acceptors (Lipinski definition) is 5. The largest absolute Gasteiger partial charge is 0.481 e. The molecule has 166 valence electrons. The predicted octanol–water partition coefficient (Wildman–Crippen LogP) is 3.32. The molecule has 2 N–H and O–H groups in total. The third-order valence-electron chi connectivity index (χ3n) is 9.63. The minimum absolute atomic E-state index is 0.00763. The molecule has 0 unspecified atom stereocenters. The van der Waals surface area contributed by atoms with Crippen LogP contribution in [0.2, 0.25) is 0 Å². The number of carboxylic acid groups (broad SMARTS) is 1. The zero-order chi connectivity index (χ0) is 20.8. The second-order valence-corrected chi connectivity index (χ2v) is 10.3. The quantitative estimate of drug-likeness (QED) is 0.654. The summed E-state index contributed by atoms with van der Waals surface area (Å²) in [6.45, 7) is 2.76. The summed E-state index contributed by atoms with van der Waals surface area (Å²) < 4.78 is 17.1. The van der Waals surface area contributed by atoms with E-state index in [0.717, 1.165) is 44.9 Å². The van der Waals surface area contributed by atoms with Gasteiger partial charge in [0.05, 0.1) is 17.6 Å². The molecule has 0 aliphatic heterocycles. The number of aliphatic hydroxyl groups is 1. The fourth-order valence-electron chi connectivity index (χ4n) is 8.29. The maximum absolute atomic E-state index is 12.5. The molecule has 0 aromatic heterocycles. The van der Waals surface area contributed by atoms with Crippen molar-refractivity contribution >= 4 is 5.97 Å². The number of fused-ring (bicyclic) bond motifs is 5. The van der Waals surface area contributed by atoms with Gasteiger partial charge in [-0.05, 0) is 86.4 Å². The first-order valence-electron chi connectivity index (χ1n) is 11.4. The van der Waals surface area contributed by atoms with Gasteiger partial charge in [-0.15, -0.1) is 0 Å². The second-order valence-electron chi connectivity index (χ2n) is 10.3. The van der Waals surface area contributed by atoms with Gasteiger partial charge in [-0.25, -0.2) is 0 Å². The minimum Gasteiger partial charge on any atom is -0.481 e. The van der Waals surface area contributed by atoms with E-state index in [9.17, 15) is 15.0 Å². The third-order valence-corrected chi connectivity index (χ3v) is 9.63. The molecule has 4 fully saturated rings. The van der Waals surface area contributed by atoms with E-state index in [1.807, 2.05) is 7.11 Å². The standard InChI is InChI=1S/C23H38O6/c1-22-8-6-15(29-13-27-2)10-19(22)20(28-3)11-16-17(22)7-9-23(21(25)26)14(12-24)4-5-18(16)23/h14-20,24H,4-13H2,1-3H3,(H,25,26)/t14-,15-,16-,17+,18+,19-,20-,22-,23+/m1/s1. The Morgan fingerprint density at radius 3 is 2.48 bits per heavy atom. The molecule has 6 nitrogen and oxygen atoms in total. The van der Waals surface area contributed by atoms with Gasteiger partial charge in [0.2, 0.25) is 0 Å². The number of carbonyl (C=O) groups is 1. The Morgan fingerprint density at radius 1 is 1.03 bits per heavy atom. The monoisotopic (exact) mass is 410 g/mol. The average Bonchev–Trinajstić information content (AvgIpc) is 3.12. The Bertz CT molecular complexity index is 610. The maximum atomic E-state index is 12.5. The Morgan fingerprint density at radius 2 is 1.83 bits per heavy atom. The van der Waals surface area contributed by atoms with Crippen molar-refractivity contribution in [2.45, 2.75) is 70.5 Å². The Labute approximate surface area is 174 Å². The molecule has 4 saturated carbocycles. The van der Waals surface area contributed by atoms with Gasteiger partial charge >= 0.3 is 5.97 Å². The lowest BCUT2D eigenvalue weighted by Gasteiger charge is -2.62. The maximum Gasteiger partial charge on any atom is 0.310 e. The van der Waals surface area contributed by atoms with Crippen molar-refractivity contribution in [2.24, 2.45) is 40.4 Å². The molecule has 0 bridgehead atoms. The van der Waals surface area contributed by atoms with E-state index in [1.54, 1.807) is 7.11 Å². The predicted molar refractivity (Wildman–Crippen MR) is 107 cm³/mol. The summed E-state index contributed by atoms with van der Waals surface area (Å²) in [5.74, 6) is 0.729. The molecule has 0 aromatic rings. The topological polar surface area (TPSA) is 85.2 Å². The summed E-state index contributed by atoms with van der Waals surface area (Å²) in [4.78, 5) is 12.5. The van der Waals surface area contributed by atoms with E-state index in [0.29, 0.717) is 31.0 Å². The Kier molecular flexibility index (Phi) is 6.02. The zero-order valence-corrected chi connectivity index (χ0v) is 18.1. The van der Waals surface area contributed by atoms with Crippen LogP contribution in [-0.2, 0) is 19.0 Å². The molecule has 29 heavy (non-hydrogen) atoms. The van der Waals surface area contributed by atoms with E-state index >= 15 is 0 Å². The lowest BCUT2D eigenvalue weighted by Crippen LogP contribution is -2.60. The van der Waals surface area contributed by atoms with Crippen LogP contribution in [-0.4, -0.2) is 56.0 Å². The van der Waals surface area contributed by atoms with Gasteiger partial charge in [0.15, 0.2) is 0 Å². The van der Waals surface area contributed by atoms with Gasteiger partial charge in [-0.1, -0.05) is 6.92 Å². The van der Waals surface area contributed by atoms with Crippen LogP contribution in [0, 0.1) is 40.4 Å². The van der Waals surface area contributed by atoms with E-state index in [4.69, 9.17) is 14.2 Å². The van der Waals surface area contributed by atoms with E-state index in [-0.39, 0.29) is 36.1 Å². The van der Waals surface area contributed by atoms with Crippen LogP contribution < -0.4 is 0 Å². The fourth-order valence-corrected chi connectivity index (χ4v) is 8.29. The summed E-state index contributed by atoms with van der Waals surface area (Å²) in [5, 5.41) is 20.2. The molecule has 0 saturated heterocycles. The zero-order valence-electron chi connectivity index (χ0n) is 18.1. The van der Waals surface area contributed by atoms with Crippen LogP contribution in [0.4, 0.5) is 0 Å². The van der Waals surface area contributed by atoms with Gasteiger partial charge < -0.3 is 24.4 Å². The molecule has 0 heterocycles. The summed E-state index contributed by atoms with van der Waals surface area (Å²) >= 11 is 0. The lowest BCUT2D eigenvalue weighted by molar-refractivity contribution is -0.201. The first kappa shape index (κ1) is 21.5. The van der Waals surface area contributed by atoms with E-state index in [1.165, 1.54) is 0 Å². The molecule has 6 heteroatoms. The van der Waals surface area contributed by atoms with Crippen LogP contribution >= 0.6 is 0 Å². The molecule has 0 spiro atoms. The fraction of sp³-hybridized carbons (Fsp3) is 0.957. The molecule has 4 rings (SSSR count). The number of carboxylic acids is 1. The van der Waals surface area contributed by atoms with Crippen molar-refractivity contribution in [2.75, 3.05) is 27.6 Å². The highest BCUT2D eigenvalue weighted by atomic mass is 16.7.